The molecule has 0 aliphatic rings. The highest BCUT2D eigenvalue weighted by Crippen LogP contribution is 2.30. The largest absolute Gasteiger partial charge is 0.416 e. The van der Waals surface area contributed by atoms with Gasteiger partial charge in [-0.05, 0) is 18.2 Å². The molecule has 3 aromatic rings. The first-order valence-electron chi connectivity index (χ1n) is 6.97. The van der Waals surface area contributed by atoms with Crippen molar-refractivity contribution < 1.29 is 13.2 Å². The zero-order chi connectivity index (χ0) is 18.2. The van der Waals surface area contributed by atoms with Gasteiger partial charge in [-0.3, -0.25) is 4.79 Å². The van der Waals surface area contributed by atoms with Crippen molar-refractivity contribution in [1.29, 1.82) is 0 Å². The third-order valence-electron chi connectivity index (χ3n) is 3.38. The van der Waals surface area contributed by atoms with E-state index < -0.39 is 17.3 Å². The summed E-state index contributed by atoms with van der Waals surface area (Å²) in [5.74, 6) is 0. The van der Waals surface area contributed by atoms with Gasteiger partial charge in [-0.1, -0.05) is 17.7 Å². The lowest BCUT2D eigenvalue weighted by atomic mass is 10.2. The number of hydrogen-bond acceptors (Lipinski definition) is 4. The monoisotopic (exact) mass is 369 g/mol. The zero-order valence-electron chi connectivity index (χ0n) is 12.8. The van der Waals surface area contributed by atoms with Crippen molar-refractivity contribution in [2.24, 2.45) is 7.05 Å². The molecule has 0 saturated heterocycles. The van der Waals surface area contributed by atoms with Crippen molar-refractivity contribution in [1.82, 2.24) is 19.6 Å². The van der Waals surface area contributed by atoms with Crippen LogP contribution in [0.4, 0.5) is 24.5 Å². The first kappa shape index (κ1) is 17.0. The maximum absolute atomic E-state index is 12.8. The number of benzene rings is 1. The highest BCUT2D eigenvalue weighted by molar-refractivity contribution is 6.33. The molecule has 0 unspecified atom stereocenters. The van der Waals surface area contributed by atoms with Crippen LogP contribution in [0.1, 0.15) is 5.56 Å². The van der Waals surface area contributed by atoms with Crippen LogP contribution in [-0.2, 0) is 13.2 Å². The summed E-state index contributed by atoms with van der Waals surface area (Å²) < 4.78 is 40.7. The molecule has 2 heterocycles. The molecular formula is C15H11ClF3N5O. The molecule has 0 radical (unpaired) electrons. The summed E-state index contributed by atoms with van der Waals surface area (Å²) in [4.78, 5) is 11.7. The molecule has 10 heteroatoms. The lowest BCUT2D eigenvalue weighted by molar-refractivity contribution is -0.137. The Morgan fingerprint density at radius 3 is 2.68 bits per heavy atom. The van der Waals surface area contributed by atoms with Gasteiger partial charge < -0.3 is 5.32 Å². The summed E-state index contributed by atoms with van der Waals surface area (Å²) in [6, 6.07) is 4.77. The van der Waals surface area contributed by atoms with Crippen LogP contribution >= 0.6 is 11.6 Å². The van der Waals surface area contributed by atoms with Crippen molar-refractivity contribution in [3.05, 3.63) is 63.8 Å². The lowest BCUT2D eigenvalue weighted by Gasteiger charge is -2.08. The van der Waals surface area contributed by atoms with E-state index >= 15 is 0 Å². The summed E-state index contributed by atoms with van der Waals surface area (Å²) in [7, 11) is 1.46. The van der Waals surface area contributed by atoms with Gasteiger partial charge in [-0.25, -0.2) is 9.36 Å². The summed E-state index contributed by atoms with van der Waals surface area (Å²) >= 11 is 5.96. The molecule has 0 aliphatic heterocycles. The number of nitrogens with zero attached hydrogens (tertiary/aromatic N) is 4. The average molecular weight is 370 g/mol. The van der Waals surface area contributed by atoms with Gasteiger partial charge in [0.25, 0.3) is 5.56 Å². The van der Waals surface area contributed by atoms with E-state index in [1.165, 1.54) is 42.5 Å². The van der Waals surface area contributed by atoms with Crippen LogP contribution in [0, 0.1) is 0 Å². The van der Waals surface area contributed by atoms with Gasteiger partial charge in [0.1, 0.15) is 5.02 Å². The van der Waals surface area contributed by atoms with Crippen LogP contribution in [0.5, 0.6) is 0 Å². The number of rotatable bonds is 3. The number of anilines is 2. The van der Waals surface area contributed by atoms with Gasteiger partial charge in [0.2, 0.25) is 0 Å². The highest BCUT2D eigenvalue weighted by atomic mass is 35.5. The number of aryl methyl sites for hydroxylation is 1. The van der Waals surface area contributed by atoms with E-state index in [2.05, 4.69) is 15.5 Å². The Bertz CT molecular complexity index is 980. The second-order valence-electron chi connectivity index (χ2n) is 5.15. The fourth-order valence-corrected chi connectivity index (χ4v) is 2.33. The van der Waals surface area contributed by atoms with Crippen LogP contribution in [-0.4, -0.2) is 19.6 Å². The first-order valence-corrected chi connectivity index (χ1v) is 7.34. The van der Waals surface area contributed by atoms with Crippen LogP contribution in [0.15, 0.2) is 47.7 Å². The van der Waals surface area contributed by atoms with E-state index in [9.17, 15) is 18.0 Å². The van der Waals surface area contributed by atoms with E-state index in [0.717, 1.165) is 16.8 Å². The molecule has 1 N–H and O–H groups in total. The molecule has 0 saturated carbocycles. The Labute approximate surface area is 144 Å². The Hall–Kier alpha value is -2.81. The molecule has 3 rings (SSSR count). The summed E-state index contributed by atoms with van der Waals surface area (Å²) in [6.45, 7) is 0. The first-order chi connectivity index (χ1) is 11.8. The number of hydrogen-bond donors (Lipinski definition) is 1. The van der Waals surface area contributed by atoms with Gasteiger partial charge in [-0.15, -0.1) is 0 Å². The number of halogens is 4. The highest BCUT2D eigenvalue weighted by Gasteiger charge is 2.30. The van der Waals surface area contributed by atoms with Gasteiger partial charge in [-0.2, -0.15) is 23.4 Å². The normalized spacial score (nSPS) is 11.6. The predicted molar refractivity (Wildman–Crippen MR) is 86.3 cm³/mol. The minimum atomic E-state index is -4.44. The molecule has 0 atom stereocenters. The minimum Gasteiger partial charge on any atom is -0.350 e. The zero-order valence-corrected chi connectivity index (χ0v) is 13.5. The maximum Gasteiger partial charge on any atom is 0.416 e. The van der Waals surface area contributed by atoms with Crippen LogP contribution in [0.2, 0.25) is 5.02 Å². The third-order valence-corrected chi connectivity index (χ3v) is 3.74. The molecular weight excluding hydrogens is 359 g/mol. The molecule has 1 aromatic carbocycles. The fraction of sp³-hybridized carbons (Fsp3) is 0.133. The van der Waals surface area contributed by atoms with Crippen molar-refractivity contribution in [3.8, 4) is 5.69 Å². The van der Waals surface area contributed by atoms with Crippen LogP contribution < -0.4 is 10.9 Å². The molecule has 25 heavy (non-hydrogen) atoms. The lowest BCUT2D eigenvalue weighted by Crippen LogP contribution is -2.20. The Morgan fingerprint density at radius 2 is 1.96 bits per heavy atom. The van der Waals surface area contributed by atoms with E-state index in [-0.39, 0.29) is 16.4 Å². The van der Waals surface area contributed by atoms with Crippen LogP contribution in [0.25, 0.3) is 5.69 Å². The van der Waals surface area contributed by atoms with Crippen molar-refractivity contribution in [3.63, 3.8) is 0 Å². The smallest absolute Gasteiger partial charge is 0.350 e. The average Bonchev–Trinajstić information content (AvgIpc) is 3.03. The summed E-state index contributed by atoms with van der Waals surface area (Å²) in [6.07, 6.45) is -0.198. The molecule has 0 bridgehead atoms. The van der Waals surface area contributed by atoms with E-state index in [1.54, 1.807) is 0 Å². The Kier molecular flexibility index (Phi) is 4.25. The second kappa shape index (κ2) is 6.25. The van der Waals surface area contributed by atoms with Gasteiger partial charge in [0.05, 0.1) is 41.2 Å². The molecule has 0 spiro atoms. The topological polar surface area (TPSA) is 64.7 Å². The van der Waals surface area contributed by atoms with Gasteiger partial charge in [0, 0.05) is 7.05 Å². The van der Waals surface area contributed by atoms with Gasteiger partial charge in [0.15, 0.2) is 0 Å². The SMILES string of the molecule is Cn1ncc(Nc2cnn(-c3cccc(C(F)(F)F)c3)c2)c(Cl)c1=O. The summed E-state index contributed by atoms with van der Waals surface area (Å²) in [5.41, 5.74) is -0.287. The second-order valence-corrected chi connectivity index (χ2v) is 5.53. The van der Waals surface area contributed by atoms with Crippen molar-refractivity contribution >= 4 is 23.0 Å². The van der Waals surface area contributed by atoms with E-state index in [1.807, 2.05) is 0 Å². The Balaban J connectivity index is 1.89. The van der Waals surface area contributed by atoms with Gasteiger partial charge >= 0.3 is 6.18 Å². The van der Waals surface area contributed by atoms with Crippen molar-refractivity contribution in [2.75, 3.05) is 5.32 Å². The molecule has 0 fully saturated rings. The number of nitrogens with one attached hydrogen (secondary N) is 1. The molecule has 2 aromatic heterocycles. The Morgan fingerprint density at radius 1 is 1.20 bits per heavy atom. The van der Waals surface area contributed by atoms with E-state index in [0.29, 0.717) is 5.69 Å². The molecule has 6 nitrogen and oxygen atoms in total. The fourth-order valence-electron chi connectivity index (χ4n) is 2.11. The number of alkyl halides is 3. The van der Waals surface area contributed by atoms with E-state index in [4.69, 9.17) is 11.6 Å². The number of aromatic nitrogens is 4. The molecule has 130 valence electrons. The summed E-state index contributed by atoms with van der Waals surface area (Å²) in [5, 5.41) is 10.7. The standard InChI is InChI=1S/C15H11ClF3N5O/c1-23-14(25)13(16)12(7-20-23)22-10-6-21-24(8-10)11-4-2-3-9(5-11)15(17,18)19/h2-8,22H,1H3. The molecule has 0 amide bonds. The van der Waals surface area contributed by atoms with Crippen molar-refractivity contribution in [2.45, 2.75) is 6.18 Å². The maximum atomic E-state index is 12.8. The minimum absolute atomic E-state index is 0.0516. The van der Waals surface area contributed by atoms with Crippen LogP contribution in [0.3, 0.4) is 0 Å². The quantitative estimate of drug-likeness (QED) is 0.768. The molecule has 0 aliphatic carbocycles. The predicted octanol–water partition coefficient (Wildman–Crippen LogP) is 3.38. The third kappa shape index (κ3) is 3.50.